The molecule has 92 valence electrons. The fourth-order valence-corrected chi connectivity index (χ4v) is 2.00. The second-order valence-corrected chi connectivity index (χ2v) is 4.56. The summed E-state index contributed by atoms with van der Waals surface area (Å²) in [6, 6.07) is 9.72. The highest BCUT2D eigenvalue weighted by Crippen LogP contribution is 2.12. The van der Waals surface area contributed by atoms with Crippen molar-refractivity contribution in [1.82, 2.24) is 0 Å². The van der Waals surface area contributed by atoms with Crippen LogP contribution < -0.4 is 0 Å². The van der Waals surface area contributed by atoms with Crippen LogP contribution in [0, 0.1) is 0 Å². The molecule has 0 fully saturated rings. The molecule has 0 aliphatic rings. The molecule has 5 heteroatoms. The number of hydrogen-bond donors (Lipinski definition) is 1. The van der Waals surface area contributed by atoms with Crippen LogP contribution in [0.15, 0.2) is 30.3 Å². The van der Waals surface area contributed by atoms with Crippen LogP contribution in [0.25, 0.3) is 0 Å². The van der Waals surface area contributed by atoms with Gasteiger partial charge in [-0.1, -0.05) is 42.1 Å². The summed E-state index contributed by atoms with van der Waals surface area (Å²) in [5.41, 5.74) is 1.15. The zero-order valence-corrected chi connectivity index (χ0v) is 9.95. The minimum Gasteiger partial charge on any atom is -0.479 e. The molecule has 0 spiro atoms. The first-order valence-corrected chi connectivity index (χ1v) is 6.17. The smallest absolute Gasteiger partial charge is 0.347 e. The largest absolute Gasteiger partial charge is 0.479 e. The number of benzene rings is 1. The van der Waals surface area contributed by atoms with E-state index in [1.807, 2.05) is 30.3 Å². The molecule has 0 heterocycles. The first-order chi connectivity index (χ1) is 8.11. The summed E-state index contributed by atoms with van der Waals surface area (Å²) in [4.78, 5) is 21.2. The second kappa shape index (κ2) is 7.06. The number of aryl methyl sites for hydroxylation is 1. The summed E-state index contributed by atoms with van der Waals surface area (Å²) < 4.78 is 12.7. The molecule has 0 saturated heterocycles. The van der Waals surface area contributed by atoms with Crippen molar-refractivity contribution in [2.24, 2.45) is 0 Å². The van der Waals surface area contributed by atoms with Crippen LogP contribution in [-0.4, -0.2) is 28.1 Å². The van der Waals surface area contributed by atoms with Crippen LogP contribution in [0.4, 0.5) is 4.39 Å². The lowest BCUT2D eigenvalue weighted by Crippen LogP contribution is -2.22. The van der Waals surface area contributed by atoms with Gasteiger partial charge in [0.15, 0.2) is 0 Å². The van der Waals surface area contributed by atoms with Gasteiger partial charge in [0.05, 0.1) is 0 Å². The molecule has 1 unspecified atom stereocenters. The molecule has 1 aromatic rings. The van der Waals surface area contributed by atoms with Crippen LogP contribution in [0.1, 0.15) is 12.0 Å². The van der Waals surface area contributed by atoms with Gasteiger partial charge in [-0.15, -0.1) is 0 Å². The van der Waals surface area contributed by atoms with E-state index in [4.69, 9.17) is 5.11 Å². The molecule has 1 rings (SSSR count). The summed E-state index contributed by atoms with van der Waals surface area (Å²) in [6.45, 7) is 0. The normalized spacial score (nSPS) is 12.1. The van der Waals surface area contributed by atoms with E-state index < -0.39 is 17.3 Å². The minimum absolute atomic E-state index is 0.432. The third-order valence-corrected chi connectivity index (χ3v) is 3.10. The molecule has 1 aromatic carbocycles. The number of hydrogen-bond acceptors (Lipinski definition) is 3. The predicted octanol–water partition coefficient (Wildman–Crippen LogP) is 2.30. The summed E-state index contributed by atoms with van der Waals surface area (Å²) in [5.74, 6) is -1.29. The number of alkyl halides is 1. The van der Waals surface area contributed by atoms with Gasteiger partial charge in [-0.2, -0.15) is 0 Å². The second-order valence-electron chi connectivity index (χ2n) is 3.46. The lowest BCUT2D eigenvalue weighted by atomic mass is 10.1. The van der Waals surface area contributed by atoms with E-state index in [-0.39, 0.29) is 0 Å². The third-order valence-electron chi connectivity index (χ3n) is 2.12. The zero-order chi connectivity index (χ0) is 12.7. The van der Waals surface area contributed by atoms with Crippen molar-refractivity contribution in [1.29, 1.82) is 0 Å². The van der Waals surface area contributed by atoms with Gasteiger partial charge in [0, 0.05) is 5.75 Å². The molecule has 0 aliphatic heterocycles. The number of carboxylic acid groups (broad SMARTS) is 1. The molecule has 0 radical (unpaired) electrons. The van der Waals surface area contributed by atoms with Crippen molar-refractivity contribution < 1.29 is 19.1 Å². The highest BCUT2D eigenvalue weighted by Gasteiger charge is 2.25. The average molecular weight is 256 g/mol. The lowest BCUT2D eigenvalue weighted by Gasteiger charge is -2.02. The van der Waals surface area contributed by atoms with E-state index in [0.29, 0.717) is 12.2 Å². The summed E-state index contributed by atoms with van der Waals surface area (Å²) in [6.07, 6.45) is -0.894. The van der Waals surface area contributed by atoms with Crippen molar-refractivity contribution in [2.45, 2.75) is 19.0 Å². The van der Waals surface area contributed by atoms with Crippen molar-refractivity contribution in [3.05, 3.63) is 35.9 Å². The van der Waals surface area contributed by atoms with Gasteiger partial charge in [-0.25, -0.2) is 9.18 Å². The Morgan fingerprint density at radius 2 is 1.94 bits per heavy atom. The van der Waals surface area contributed by atoms with Crippen LogP contribution in [0.2, 0.25) is 0 Å². The topological polar surface area (TPSA) is 54.4 Å². The van der Waals surface area contributed by atoms with Crippen molar-refractivity contribution in [2.75, 3.05) is 5.75 Å². The van der Waals surface area contributed by atoms with Gasteiger partial charge < -0.3 is 5.11 Å². The molecule has 1 atom stereocenters. The molecule has 0 bridgehead atoms. The van der Waals surface area contributed by atoms with E-state index in [2.05, 4.69) is 0 Å². The van der Waals surface area contributed by atoms with Crippen LogP contribution in [0.5, 0.6) is 0 Å². The van der Waals surface area contributed by atoms with Gasteiger partial charge in [0.1, 0.15) is 0 Å². The maximum absolute atomic E-state index is 12.7. The van der Waals surface area contributed by atoms with Crippen LogP contribution >= 0.6 is 11.8 Å². The molecule has 1 N–H and O–H groups in total. The van der Waals surface area contributed by atoms with E-state index in [9.17, 15) is 14.0 Å². The van der Waals surface area contributed by atoms with Gasteiger partial charge in [-0.3, -0.25) is 4.79 Å². The molecule has 0 aliphatic carbocycles. The monoisotopic (exact) mass is 256 g/mol. The Bertz CT molecular complexity index is 381. The standard InChI is InChI=1S/C12H13FO3S/c13-10(11(14)15)12(16)17-8-4-7-9-5-2-1-3-6-9/h1-3,5-6,10H,4,7-8H2,(H,14,15). The van der Waals surface area contributed by atoms with Crippen molar-refractivity contribution in [3.63, 3.8) is 0 Å². The van der Waals surface area contributed by atoms with E-state index >= 15 is 0 Å². The van der Waals surface area contributed by atoms with Crippen molar-refractivity contribution in [3.8, 4) is 0 Å². The SMILES string of the molecule is O=C(O)C(F)C(=O)SCCCc1ccccc1. The Kier molecular flexibility index (Phi) is 5.69. The number of aliphatic carboxylic acids is 1. The first-order valence-electron chi connectivity index (χ1n) is 5.18. The minimum atomic E-state index is -2.41. The number of thioether (sulfide) groups is 1. The highest BCUT2D eigenvalue weighted by atomic mass is 32.2. The molecule has 17 heavy (non-hydrogen) atoms. The number of carbonyl (C=O) groups excluding carboxylic acids is 1. The fraction of sp³-hybridized carbons (Fsp3) is 0.333. The quantitative estimate of drug-likeness (QED) is 0.627. The van der Waals surface area contributed by atoms with Gasteiger partial charge in [0.2, 0.25) is 5.12 Å². The van der Waals surface area contributed by atoms with Crippen molar-refractivity contribution >= 4 is 22.8 Å². The maximum Gasteiger partial charge on any atom is 0.347 e. The molecule has 0 saturated carbocycles. The number of rotatable bonds is 6. The summed E-state index contributed by atoms with van der Waals surface area (Å²) in [5, 5.41) is 7.35. The number of halogens is 1. The van der Waals surface area contributed by atoms with E-state index in [1.54, 1.807) is 0 Å². The maximum atomic E-state index is 12.7. The predicted molar refractivity (Wildman–Crippen MR) is 64.8 cm³/mol. The Morgan fingerprint density at radius 1 is 1.29 bits per heavy atom. The molecule has 0 aromatic heterocycles. The van der Waals surface area contributed by atoms with Gasteiger partial charge in [-0.05, 0) is 18.4 Å². The van der Waals surface area contributed by atoms with E-state index in [0.717, 1.165) is 23.7 Å². The molecular formula is C12H13FO3S. The Morgan fingerprint density at radius 3 is 2.53 bits per heavy atom. The van der Waals surface area contributed by atoms with Gasteiger partial charge >= 0.3 is 5.97 Å². The molecule has 0 amide bonds. The van der Waals surface area contributed by atoms with Crippen LogP contribution in [0.3, 0.4) is 0 Å². The Hall–Kier alpha value is -1.36. The number of carbonyl (C=O) groups is 2. The molecule has 3 nitrogen and oxygen atoms in total. The summed E-state index contributed by atoms with van der Waals surface area (Å²) >= 11 is 0.737. The Labute approximate surface area is 103 Å². The van der Waals surface area contributed by atoms with E-state index in [1.165, 1.54) is 0 Å². The third kappa shape index (κ3) is 4.99. The highest BCUT2D eigenvalue weighted by molar-refractivity contribution is 8.13. The zero-order valence-electron chi connectivity index (χ0n) is 9.14. The average Bonchev–Trinajstić information content (AvgIpc) is 2.34. The lowest BCUT2D eigenvalue weighted by molar-refractivity contribution is -0.145. The van der Waals surface area contributed by atoms with Gasteiger partial charge in [0.25, 0.3) is 6.17 Å². The van der Waals surface area contributed by atoms with Crippen LogP contribution in [-0.2, 0) is 16.0 Å². The number of carboxylic acids is 1. The Balaban J connectivity index is 2.21. The fourth-order valence-electron chi connectivity index (χ4n) is 1.27. The first kappa shape index (κ1) is 13.7. The molecular weight excluding hydrogens is 243 g/mol. The summed E-state index contributed by atoms with van der Waals surface area (Å²) in [7, 11) is 0.